The molecule has 24 heavy (non-hydrogen) atoms. The van der Waals surface area contributed by atoms with Crippen molar-refractivity contribution >= 4 is 23.4 Å². The number of carbonyl (C=O) groups is 1. The predicted octanol–water partition coefficient (Wildman–Crippen LogP) is 1.62. The molecule has 0 bridgehead atoms. The number of amides is 1. The lowest BCUT2D eigenvalue weighted by Crippen LogP contribution is -2.25. The minimum absolute atomic E-state index is 0.00712. The van der Waals surface area contributed by atoms with Crippen LogP contribution in [0.25, 0.3) is 0 Å². The lowest BCUT2D eigenvalue weighted by molar-refractivity contribution is -0.113. The summed E-state index contributed by atoms with van der Waals surface area (Å²) in [5, 5.41) is 9.46. The van der Waals surface area contributed by atoms with Gasteiger partial charge in [-0.3, -0.25) is 9.36 Å². The SMILES string of the molecule is O=C(CSc1n[nH]c(=O)n1CC1CCCO1)Nc1ccc(F)cc1. The number of nitrogens with zero attached hydrogens (tertiary/aromatic N) is 2. The molecule has 9 heteroatoms. The van der Waals surface area contributed by atoms with Crippen LogP contribution in [0, 0.1) is 5.82 Å². The third-order valence-corrected chi connectivity index (χ3v) is 4.57. The van der Waals surface area contributed by atoms with E-state index in [0.29, 0.717) is 24.0 Å². The molecule has 1 atom stereocenters. The van der Waals surface area contributed by atoms with Crippen molar-refractivity contribution < 1.29 is 13.9 Å². The van der Waals surface area contributed by atoms with E-state index < -0.39 is 0 Å². The van der Waals surface area contributed by atoms with Crippen molar-refractivity contribution in [3.63, 3.8) is 0 Å². The molecule has 0 aliphatic carbocycles. The molecule has 0 saturated carbocycles. The van der Waals surface area contributed by atoms with Crippen LogP contribution < -0.4 is 11.0 Å². The largest absolute Gasteiger partial charge is 0.376 e. The third kappa shape index (κ3) is 4.24. The first kappa shape index (κ1) is 16.7. The number of benzene rings is 1. The van der Waals surface area contributed by atoms with E-state index in [-0.39, 0.29) is 29.3 Å². The number of ether oxygens (including phenoxy) is 1. The van der Waals surface area contributed by atoms with Gasteiger partial charge in [-0.2, -0.15) is 0 Å². The Bertz CT molecular complexity index is 753. The summed E-state index contributed by atoms with van der Waals surface area (Å²) >= 11 is 1.16. The highest BCUT2D eigenvalue weighted by Gasteiger charge is 2.20. The minimum atomic E-state index is -0.364. The molecule has 2 N–H and O–H groups in total. The second-order valence-electron chi connectivity index (χ2n) is 5.40. The molecule has 1 fully saturated rings. The first-order valence-electron chi connectivity index (χ1n) is 7.57. The molecule has 1 aromatic carbocycles. The van der Waals surface area contributed by atoms with Gasteiger partial charge in [-0.05, 0) is 37.1 Å². The van der Waals surface area contributed by atoms with E-state index in [1.165, 1.54) is 28.8 Å². The molecule has 1 amide bonds. The number of aromatic amines is 1. The summed E-state index contributed by atoms with van der Waals surface area (Å²) in [4.78, 5) is 23.8. The quantitative estimate of drug-likeness (QED) is 0.771. The fraction of sp³-hybridized carbons (Fsp3) is 0.400. The molecular weight excluding hydrogens is 335 g/mol. The molecule has 1 saturated heterocycles. The number of anilines is 1. The monoisotopic (exact) mass is 352 g/mol. The van der Waals surface area contributed by atoms with E-state index >= 15 is 0 Å². The van der Waals surface area contributed by atoms with E-state index in [2.05, 4.69) is 15.5 Å². The van der Waals surface area contributed by atoms with Crippen molar-refractivity contribution in [2.75, 3.05) is 17.7 Å². The zero-order valence-electron chi connectivity index (χ0n) is 12.8. The molecule has 0 radical (unpaired) electrons. The zero-order chi connectivity index (χ0) is 16.9. The average Bonchev–Trinajstić information content (AvgIpc) is 3.19. The summed E-state index contributed by atoms with van der Waals surface area (Å²) < 4.78 is 19.9. The first-order chi connectivity index (χ1) is 11.6. The van der Waals surface area contributed by atoms with Gasteiger partial charge in [0, 0.05) is 12.3 Å². The maximum atomic E-state index is 12.8. The minimum Gasteiger partial charge on any atom is -0.376 e. The number of carbonyl (C=O) groups excluding carboxylic acids is 1. The molecule has 7 nitrogen and oxygen atoms in total. The van der Waals surface area contributed by atoms with Crippen molar-refractivity contribution in [2.45, 2.75) is 30.6 Å². The highest BCUT2D eigenvalue weighted by Crippen LogP contribution is 2.18. The lowest BCUT2D eigenvalue weighted by Gasteiger charge is -2.11. The van der Waals surface area contributed by atoms with E-state index in [1.807, 2.05) is 0 Å². The van der Waals surface area contributed by atoms with Crippen LogP contribution in [0.2, 0.25) is 0 Å². The van der Waals surface area contributed by atoms with E-state index in [1.54, 1.807) is 0 Å². The fourth-order valence-electron chi connectivity index (χ4n) is 2.43. The third-order valence-electron chi connectivity index (χ3n) is 3.59. The Morgan fingerprint density at radius 3 is 2.96 bits per heavy atom. The van der Waals surface area contributed by atoms with Crippen molar-refractivity contribution in [1.29, 1.82) is 0 Å². The van der Waals surface area contributed by atoms with Crippen LogP contribution in [0.15, 0.2) is 34.2 Å². The second kappa shape index (κ2) is 7.63. The second-order valence-corrected chi connectivity index (χ2v) is 6.34. The molecule has 128 valence electrons. The summed E-state index contributed by atoms with van der Waals surface area (Å²) in [6, 6.07) is 5.52. The highest BCUT2D eigenvalue weighted by molar-refractivity contribution is 7.99. The van der Waals surface area contributed by atoms with Gasteiger partial charge in [0.25, 0.3) is 0 Å². The fourth-order valence-corrected chi connectivity index (χ4v) is 3.18. The number of H-pyrrole nitrogens is 1. The predicted molar refractivity (Wildman–Crippen MR) is 87.6 cm³/mol. The van der Waals surface area contributed by atoms with Gasteiger partial charge in [-0.25, -0.2) is 14.3 Å². The Morgan fingerprint density at radius 2 is 2.25 bits per heavy atom. The Hall–Kier alpha value is -2.13. The molecule has 1 aromatic heterocycles. The maximum Gasteiger partial charge on any atom is 0.344 e. The van der Waals surface area contributed by atoms with Crippen LogP contribution >= 0.6 is 11.8 Å². The average molecular weight is 352 g/mol. The molecule has 3 rings (SSSR count). The molecule has 1 unspecified atom stereocenters. The molecule has 0 spiro atoms. The van der Waals surface area contributed by atoms with Gasteiger partial charge in [-0.1, -0.05) is 11.8 Å². The molecular formula is C15H17FN4O3S. The van der Waals surface area contributed by atoms with Gasteiger partial charge < -0.3 is 10.1 Å². The van der Waals surface area contributed by atoms with Gasteiger partial charge in [-0.15, -0.1) is 5.10 Å². The molecule has 2 aromatic rings. The number of thioether (sulfide) groups is 1. The summed E-state index contributed by atoms with van der Waals surface area (Å²) in [6.45, 7) is 1.14. The Kier molecular flexibility index (Phi) is 5.31. The standard InChI is InChI=1S/C15H17FN4O3S/c16-10-3-5-11(6-4-10)17-13(21)9-24-15-19-18-14(22)20(15)8-12-2-1-7-23-12/h3-6,12H,1-2,7-9H2,(H,17,21)(H,18,22). The van der Waals surface area contributed by atoms with Crippen LogP contribution in [-0.2, 0) is 16.1 Å². The number of aromatic nitrogens is 3. The maximum absolute atomic E-state index is 12.8. The van der Waals surface area contributed by atoms with Crippen LogP contribution in [0.1, 0.15) is 12.8 Å². The van der Waals surface area contributed by atoms with Gasteiger partial charge in [0.05, 0.1) is 18.4 Å². The summed E-state index contributed by atoms with van der Waals surface area (Å²) in [6.07, 6.45) is 1.90. The van der Waals surface area contributed by atoms with Crippen LogP contribution in [0.4, 0.5) is 10.1 Å². The van der Waals surface area contributed by atoms with E-state index in [9.17, 15) is 14.0 Å². The number of rotatable bonds is 6. The van der Waals surface area contributed by atoms with Crippen molar-refractivity contribution in [3.8, 4) is 0 Å². The molecule has 1 aliphatic rings. The Morgan fingerprint density at radius 1 is 1.46 bits per heavy atom. The smallest absolute Gasteiger partial charge is 0.344 e. The Labute approximate surface area is 141 Å². The van der Waals surface area contributed by atoms with Gasteiger partial charge in [0.2, 0.25) is 5.91 Å². The summed E-state index contributed by atoms with van der Waals surface area (Å²) in [7, 11) is 0. The Balaban J connectivity index is 1.57. The highest BCUT2D eigenvalue weighted by atomic mass is 32.2. The number of hydrogen-bond acceptors (Lipinski definition) is 5. The zero-order valence-corrected chi connectivity index (χ0v) is 13.6. The van der Waals surface area contributed by atoms with E-state index in [0.717, 1.165) is 24.6 Å². The van der Waals surface area contributed by atoms with Gasteiger partial charge >= 0.3 is 5.69 Å². The van der Waals surface area contributed by atoms with Gasteiger partial charge in [0.1, 0.15) is 5.82 Å². The van der Waals surface area contributed by atoms with Crippen LogP contribution in [0.5, 0.6) is 0 Å². The summed E-state index contributed by atoms with van der Waals surface area (Å²) in [5.74, 6) is -0.532. The number of halogens is 1. The summed E-state index contributed by atoms with van der Waals surface area (Å²) in [5.41, 5.74) is 0.202. The number of nitrogens with one attached hydrogen (secondary N) is 2. The van der Waals surface area contributed by atoms with Crippen LogP contribution in [0.3, 0.4) is 0 Å². The topological polar surface area (TPSA) is 89.0 Å². The normalized spacial score (nSPS) is 17.1. The van der Waals surface area contributed by atoms with Crippen LogP contribution in [-0.4, -0.2) is 39.1 Å². The van der Waals surface area contributed by atoms with Crippen molar-refractivity contribution in [1.82, 2.24) is 14.8 Å². The van der Waals surface area contributed by atoms with Crippen molar-refractivity contribution in [3.05, 3.63) is 40.6 Å². The first-order valence-corrected chi connectivity index (χ1v) is 8.55. The van der Waals surface area contributed by atoms with E-state index in [4.69, 9.17) is 4.74 Å². The lowest BCUT2D eigenvalue weighted by atomic mass is 10.2. The molecule has 2 heterocycles. The number of hydrogen-bond donors (Lipinski definition) is 2. The van der Waals surface area contributed by atoms with Crippen molar-refractivity contribution in [2.24, 2.45) is 0 Å². The molecule has 1 aliphatic heterocycles. The van der Waals surface area contributed by atoms with Gasteiger partial charge in [0.15, 0.2) is 5.16 Å².